The van der Waals surface area contributed by atoms with E-state index < -0.39 is 17.4 Å². The zero-order chi connectivity index (χ0) is 15.2. The number of anilines is 1. The number of H-pyrrole nitrogens is 1. The van der Waals surface area contributed by atoms with E-state index in [1.54, 1.807) is 12.1 Å². The Morgan fingerprint density at radius 2 is 2.14 bits per heavy atom. The fourth-order valence-electron chi connectivity index (χ4n) is 2.86. The number of piperazine rings is 1. The lowest BCUT2D eigenvalue weighted by Gasteiger charge is -2.46. The summed E-state index contributed by atoms with van der Waals surface area (Å²) < 4.78 is 5.07. The Kier molecular flexibility index (Phi) is 2.93. The standard InChI is InChI=1S/C14H17N3O4/c1-14(2)8-16(5-6-17(14)13(19)20)9-3-4-10-11(7-9)21-12(18)15-10/h3-4,7H,5-6,8H2,1-2H3,(H,15,18)(H,19,20). The van der Waals surface area contributed by atoms with Crippen LogP contribution in [0.15, 0.2) is 27.4 Å². The predicted octanol–water partition coefficient (Wildman–Crippen LogP) is 1.70. The summed E-state index contributed by atoms with van der Waals surface area (Å²) in [7, 11) is 0. The average molecular weight is 291 g/mol. The highest BCUT2D eigenvalue weighted by molar-refractivity contribution is 5.77. The number of fused-ring (bicyclic) bond motifs is 1. The molecule has 0 spiro atoms. The molecule has 112 valence electrons. The number of carbonyl (C=O) groups is 1. The number of rotatable bonds is 1. The van der Waals surface area contributed by atoms with Gasteiger partial charge < -0.3 is 14.4 Å². The number of nitrogens with one attached hydrogen (secondary N) is 1. The summed E-state index contributed by atoms with van der Waals surface area (Å²) in [5.41, 5.74) is 1.62. The van der Waals surface area contributed by atoms with Gasteiger partial charge in [-0.05, 0) is 26.0 Å². The number of nitrogens with zero attached hydrogens (tertiary/aromatic N) is 2. The van der Waals surface area contributed by atoms with Crippen LogP contribution in [0.4, 0.5) is 10.5 Å². The molecule has 21 heavy (non-hydrogen) atoms. The van der Waals surface area contributed by atoms with Gasteiger partial charge in [-0.2, -0.15) is 0 Å². The maximum Gasteiger partial charge on any atom is 0.417 e. The first-order valence-corrected chi connectivity index (χ1v) is 6.75. The summed E-state index contributed by atoms with van der Waals surface area (Å²) in [6.45, 7) is 5.44. The van der Waals surface area contributed by atoms with E-state index in [1.165, 1.54) is 4.90 Å². The molecule has 2 heterocycles. The summed E-state index contributed by atoms with van der Waals surface area (Å²) in [5, 5.41) is 9.23. The molecule has 0 saturated carbocycles. The quantitative estimate of drug-likeness (QED) is 0.834. The van der Waals surface area contributed by atoms with E-state index >= 15 is 0 Å². The Morgan fingerprint density at radius 3 is 2.81 bits per heavy atom. The molecule has 7 nitrogen and oxygen atoms in total. The fourth-order valence-corrected chi connectivity index (χ4v) is 2.86. The van der Waals surface area contributed by atoms with Crippen molar-refractivity contribution in [2.45, 2.75) is 19.4 Å². The summed E-state index contributed by atoms with van der Waals surface area (Å²) >= 11 is 0. The zero-order valence-electron chi connectivity index (χ0n) is 11.9. The van der Waals surface area contributed by atoms with Gasteiger partial charge in [0.2, 0.25) is 0 Å². The number of amides is 1. The van der Waals surface area contributed by atoms with Gasteiger partial charge in [0, 0.05) is 31.4 Å². The molecule has 2 N–H and O–H groups in total. The van der Waals surface area contributed by atoms with Gasteiger partial charge in [0.15, 0.2) is 5.58 Å². The highest BCUT2D eigenvalue weighted by atomic mass is 16.4. The number of aromatic amines is 1. The molecule has 1 aromatic carbocycles. The molecule has 1 aliphatic rings. The summed E-state index contributed by atoms with van der Waals surface area (Å²) in [5.74, 6) is -0.474. The Morgan fingerprint density at radius 1 is 1.38 bits per heavy atom. The minimum atomic E-state index is -0.897. The van der Waals surface area contributed by atoms with Crippen molar-refractivity contribution in [1.29, 1.82) is 0 Å². The molecule has 1 saturated heterocycles. The SMILES string of the molecule is CC1(C)CN(c2ccc3[nH]c(=O)oc3c2)CCN1C(=O)O. The van der Waals surface area contributed by atoms with Crippen LogP contribution in [-0.4, -0.2) is 46.3 Å². The smallest absolute Gasteiger partial charge is 0.417 e. The van der Waals surface area contributed by atoms with Crippen LogP contribution in [0.3, 0.4) is 0 Å². The first-order valence-electron chi connectivity index (χ1n) is 6.75. The van der Waals surface area contributed by atoms with Crippen molar-refractivity contribution < 1.29 is 14.3 Å². The molecule has 1 fully saturated rings. The van der Waals surface area contributed by atoms with Gasteiger partial charge in [-0.25, -0.2) is 9.59 Å². The van der Waals surface area contributed by atoms with Crippen LogP contribution in [0.25, 0.3) is 11.1 Å². The van der Waals surface area contributed by atoms with E-state index in [9.17, 15) is 14.7 Å². The molecule has 1 aromatic heterocycles. The Labute approximate surface area is 120 Å². The van der Waals surface area contributed by atoms with Crippen molar-refractivity contribution in [1.82, 2.24) is 9.88 Å². The summed E-state index contributed by atoms with van der Waals surface area (Å²) in [4.78, 5) is 28.6. The molecule has 3 rings (SSSR count). The molecule has 1 amide bonds. The molecule has 2 aromatic rings. The van der Waals surface area contributed by atoms with Gasteiger partial charge in [-0.15, -0.1) is 0 Å². The van der Waals surface area contributed by atoms with E-state index in [1.807, 2.05) is 19.9 Å². The first-order chi connectivity index (χ1) is 9.87. The van der Waals surface area contributed by atoms with Gasteiger partial charge in [0.25, 0.3) is 0 Å². The minimum absolute atomic E-state index is 0.442. The highest BCUT2D eigenvalue weighted by Gasteiger charge is 2.36. The Balaban J connectivity index is 1.89. The number of hydrogen-bond donors (Lipinski definition) is 2. The topological polar surface area (TPSA) is 89.8 Å². The molecular formula is C14H17N3O4. The maximum atomic E-state index is 11.2. The fraction of sp³-hybridized carbons (Fsp3) is 0.429. The van der Waals surface area contributed by atoms with Crippen LogP contribution in [-0.2, 0) is 0 Å². The lowest BCUT2D eigenvalue weighted by atomic mass is 9.99. The molecule has 1 aliphatic heterocycles. The number of carboxylic acid groups (broad SMARTS) is 1. The van der Waals surface area contributed by atoms with Crippen LogP contribution in [0.1, 0.15) is 13.8 Å². The van der Waals surface area contributed by atoms with Crippen molar-refractivity contribution >= 4 is 22.9 Å². The maximum absolute atomic E-state index is 11.2. The third-order valence-electron chi connectivity index (χ3n) is 3.90. The Hall–Kier alpha value is -2.44. The average Bonchev–Trinajstić information content (AvgIpc) is 2.75. The van der Waals surface area contributed by atoms with E-state index in [2.05, 4.69) is 9.88 Å². The second-order valence-corrected chi connectivity index (χ2v) is 5.86. The Bertz CT molecular complexity index is 746. The first kappa shape index (κ1) is 13.5. The van der Waals surface area contributed by atoms with Gasteiger partial charge in [-0.1, -0.05) is 0 Å². The van der Waals surface area contributed by atoms with Crippen molar-refractivity contribution in [3.8, 4) is 0 Å². The molecule has 0 atom stereocenters. The van der Waals surface area contributed by atoms with Crippen LogP contribution in [0.2, 0.25) is 0 Å². The van der Waals surface area contributed by atoms with Crippen molar-refractivity contribution in [2.75, 3.05) is 24.5 Å². The molecule has 0 radical (unpaired) electrons. The van der Waals surface area contributed by atoms with E-state index in [-0.39, 0.29) is 0 Å². The second-order valence-electron chi connectivity index (χ2n) is 5.86. The predicted molar refractivity (Wildman–Crippen MR) is 77.9 cm³/mol. The third-order valence-corrected chi connectivity index (χ3v) is 3.90. The minimum Gasteiger partial charge on any atom is -0.465 e. The van der Waals surface area contributed by atoms with Gasteiger partial charge in [0.1, 0.15) is 0 Å². The monoisotopic (exact) mass is 291 g/mol. The lowest BCUT2D eigenvalue weighted by molar-refractivity contribution is 0.0845. The largest absolute Gasteiger partial charge is 0.465 e. The highest BCUT2D eigenvalue weighted by Crippen LogP contribution is 2.27. The number of oxazole rings is 1. The normalized spacial score (nSPS) is 18.2. The van der Waals surface area contributed by atoms with Crippen molar-refractivity contribution in [2.24, 2.45) is 0 Å². The van der Waals surface area contributed by atoms with E-state index in [4.69, 9.17) is 4.42 Å². The number of aromatic nitrogens is 1. The van der Waals surface area contributed by atoms with Crippen LogP contribution < -0.4 is 10.7 Å². The van der Waals surface area contributed by atoms with Gasteiger partial charge in [0.05, 0.1) is 11.1 Å². The molecule has 0 bridgehead atoms. The van der Waals surface area contributed by atoms with Gasteiger partial charge in [-0.3, -0.25) is 9.88 Å². The molecule has 7 heteroatoms. The van der Waals surface area contributed by atoms with Crippen molar-refractivity contribution in [3.63, 3.8) is 0 Å². The van der Waals surface area contributed by atoms with E-state index in [0.717, 1.165) is 5.69 Å². The summed E-state index contributed by atoms with van der Waals surface area (Å²) in [6, 6.07) is 5.51. The van der Waals surface area contributed by atoms with E-state index in [0.29, 0.717) is 30.7 Å². The zero-order valence-corrected chi connectivity index (χ0v) is 11.9. The summed E-state index contributed by atoms with van der Waals surface area (Å²) in [6.07, 6.45) is -0.897. The third kappa shape index (κ3) is 2.35. The second kappa shape index (κ2) is 4.54. The van der Waals surface area contributed by atoms with Gasteiger partial charge >= 0.3 is 11.8 Å². The van der Waals surface area contributed by atoms with Crippen LogP contribution >= 0.6 is 0 Å². The number of hydrogen-bond acceptors (Lipinski definition) is 4. The van der Waals surface area contributed by atoms with Crippen LogP contribution in [0.5, 0.6) is 0 Å². The van der Waals surface area contributed by atoms with Crippen LogP contribution in [0, 0.1) is 0 Å². The molecule has 0 aliphatic carbocycles. The number of benzene rings is 1. The van der Waals surface area contributed by atoms with Crippen molar-refractivity contribution in [3.05, 3.63) is 28.7 Å². The lowest BCUT2D eigenvalue weighted by Crippen LogP contribution is -2.60. The molecular weight excluding hydrogens is 274 g/mol. The molecule has 0 unspecified atom stereocenters.